The molecule has 1 aliphatic rings. The molecule has 0 saturated carbocycles. The summed E-state index contributed by atoms with van der Waals surface area (Å²) in [5.74, 6) is -0.0300. The van der Waals surface area contributed by atoms with E-state index in [0.29, 0.717) is 32.0 Å². The summed E-state index contributed by atoms with van der Waals surface area (Å²) in [6.07, 6.45) is 1.94. The van der Waals surface area contributed by atoms with Crippen LogP contribution in [0.3, 0.4) is 0 Å². The largest absolute Gasteiger partial charge is 0.487 e. The summed E-state index contributed by atoms with van der Waals surface area (Å²) in [6.45, 7) is 11.0. The lowest BCUT2D eigenvalue weighted by Gasteiger charge is -2.44. The van der Waals surface area contributed by atoms with E-state index in [9.17, 15) is 13.2 Å². The topological polar surface area (TPSA) is 91.4 Å². The van der Waals surface area contributed by atoms with Crippen molar-refractivity contribution in [3.05, 3.63) is 29.3 Å². The molecule has 188 valence electrons. The number of ether oxygens (including phenoxy) is 4. The minimum absolute atomic E-state index is 0.0578. The molecular formula is C24H39NO7S. The van der Waals surface area contributed by atoms with Crippen LogP contribution < -0.4 is 4.74 Å². The minimum atomic E-state index is -3.69. The first kappa shape index (κ1) is 27.6. The molecule has 1 aromatic rings. The third-order valence-corrected chi connectivity index (χ3v) is 7.95. The van der Waals surface area contributed by atoms with Gasteiger partial charge in [-0.2, -0.15) is 4.31 Å². The zero-order chi connectivity index (χ0) is 24.5. The molecule has 8 nitrogen and oxygen atoms in total. The first-order valence-corrected chi connectivity index (χ1v) is 13.4. The van der Waals surface area contributed by atoms with Crippen LogP contribution in [0.15, 0.2) is 18.2 Å². The quantitative estimate of drug-likeness (QED) is 0.294. The van der Waals surface area contributed by atoms with Crippen LogP contribution in [0.25, 0.3) is 0 Å². The Kier molecular flexibility index (Phi) is 10.6. The van der Waals surface area contributed by atoms with Crippen molar-refractivity contribution in [1.82, 2.24) is 4.31 Å². The molecule has 1 unspecified atom stereocenters. The second-order valence-electron chi connectivity index (χ2n) is 8.23. The average molecular weight is 486 g/mol. The maximum Gasteiger partial charge on any atom is 0.321 e. The van der Waals surface area contributed by atoms with Gasteiger partial charge in [-0.25, -0.2) is 8.42 Å². The van der Waals surface area contributed by atoms with Crippen molar-refractivity contribution in [3.63, 3.8) is 0 Å². The molecule has 2 rings (SSSR count). The van der Waals surface area contributed by atoms with Crippen LogP contribution in [0.1, 0.15) is 64.1 Å². The molecule has 0 aromatic heterocycles. The van der Waals surface area contributed by atoms with Crippen LogP contribution >= 0.6 is 0 Å². The maximum atomic E-state index is 13.1. The van der Waals surface area contributed by atoms with Crippen LogP contribution in [0.4, 0.5) is 0 Å². The maximum absolute atomic E-state index is 13.1. The molecule has 0 fully saturated rings. The van der Waals surface area contributed by atoms with E-state index in [2.05, 4.69) is 0 Å². The summed E-state index contributed by atoms with van der Waals surface area (Å²) in [4.78, 5) is 12.6. The Labute approximate surface area is 198 Å². The zero-order valence-corrected chi connectivity index (χ0v) is 21.4. The van der Waals surface area contributed by atoms with Gasteiger partial charge in [0.15, 0.2) is 0 Å². The van der Waals surface area contributed by atoms with Gasteiger partial charge < -0.3 is 18.9 Å². The number of rotatable bonds is 14. The number of carbonyl (C=O) groups excluding carboxylic acids is 1. The SMILES string of the molecule is CCOCCOCCOC(=O)CN(C1CC(CC)(CC)Oc2ccc(C)cc21)S(=O)(=O)CC. The van der Waals surface area contributed by atoms with Crippen molar-refractivity contribution < 1.29 is 32.2 Å². The second kappa shape index (κ2) is 12.7. The first-order valence-electron chi connectivity index (χ1n) is 11.8. The van der Waals surface area contributed by atoms with E-state index in [1.165, 1.54) is 4.31 Å². The Bertz CT molecular complexity index is 868. The predicted octanol–water partition coefficient (Wildman–Crippen LogP) is 3.63. The molecule has 9 heteroatoms. The minimum Gasteiger partial charge on any atom is -0.487 e. The Hall–Kier alpha value is -1.68. The number of hydrogen-bond donors (Lipinski definition) is 0. The average Bonchev–Trinajstić information content (AvgIpc) is 2.81. The molecule has 1 heterocycles. The molecular weight excluding hydrogens is 446 g/mol. The van der Waals surface area contributed by atoms with Gasteiger partial charge >= 0.3 is 5.97 Å². The van der Waals surface area contributed by atoms with Crippen molar-refractivity contribution >= 4 is 16.0 Å². The van der Waals surface area contributed by atoms with Crippen LogP contribution in [-0.4, -0.2) is 69.6 Å². The van der Waals surface area contributed by atoms with Gasteiger partial charge in [-0.05, 0) is 39.7 Å². The fraction of sp³-hybridized carbons (Fsp3) is 0.708. The van der Waals surface area contributed by atoms with Crippen molar-refractivity contribution in [2.75, 3.05) is 45.3 Å². The molecule has 1 aromatic carbocycles. The summed E-state index contributed by atoms with van der Waals surface area (Å²) in [6, 6.07) is 5.29. The van der Waals surface area contributed by atoms with Gasteiger partial charge in [0.1, 0.15) is 24.5 Å². The van der Waals surface area contributed by atoms with Crippen LogP contribution in [0.5, 0.6) is 5.75 Å². The number of esters is 1. The molecule has 0 N–H and O–H groups in total. The normalized spacial score (nSPS) is 17.5. The fourth-order valence-corrected chi connectivity index (χ4v) is 5.23. The summed E-state index contributed by atoms with van der Waals surface area (Å²) >= 11 is 0. The van der Waals surface area contributed by atoms with E-state index in [4.69, 9.17) is 18.9 Å². The van der Waals surface area contributed by atoms with Crippen LogP contribution in [0, 0.1) is 6.92 Å². The van der Waals surface area contributed by atoms with Gasteiger partial charge in [-0.3, -0.25) is 4.79 Å². The lowest BCUT2D eigenvalue weighted by atomic mass is 9.83. The summed E-state index contributed by atoms with van der Waals surface area (Å²) in [5.41, 5.74) is 1.30. The highest BCUT2D eigenvalue weighted by Gasteiger charge is 2.44. The predicted molar refractivity (Wildman–Crippen MR) is 127 cm³/mol. The summed E-state index contributed by atoms with van der Waals surface area (Å²) in [5, 5.41) is 0. The number of fused-ring (bicyclic) bond motifs is 1. The Morgan fingerprint density at radius 1 is 1.09 bits per heavy atom. The van der Waals surface area contributed by atoms with E-state index in [1.807, 2.05) is 45.9 Å². The van der Waals surface area contributed by atoms with Crippen LogP contribution in [-0.2, 0) is 29.0 Å². The number of hydrogen-bond acceptors (Lipinski definition) is 7. The van der Waals surface area contributed by atoms with E-state index in [-0.39, 0.29) is 25.5 Å². The highest BCUT2D eigenvalue weighted by atomic mass is 32.2. The molecule has 0 bridgehead atoms. The third kappa shape index (κ3) is 7.40. The fourth-order valence-electron chi connectivity index (χ4n) is 4.02. The second-order valence-corrected chi connectivity index (χ2v) is 10.4. The molecule has 0 aliphatic carbocycles. The number of benzene rings is 1. The monoisotopic (exact) mass is 485 g/mol. The van der Waals surface area contributed by atoms with Gasteiger partial charge in [0.25, 0.3) is 0 Å². The number of aryl methyl sites for hydroxylation is 1. The van der Waals surface area contributed by atoms with Crippen molar-refractivity contribution in [3.8, 4) is 5.75 Å². The molecule has 33 heavy (non-hydrogen) atoms. The Balaban J connectivity index is 2.21. The smallest absolute Gasteiger partial charge is 0.321 e. The van der Waals surface area contributed by atoms with Crippen molar-refractivity contribution in [2.24, 2.45) is 0 Å². The van der Waals surface area contributed by atoms with Gasteiger partial charge in [0.2, 0.25) is 10.0 Å². The Morgan fingerprint density at radius 2 is 1.76 bits per heavy atom. The summed E-state index contributed by atoms with van der Waals surface area (Å²) < 4.78 is 49.8. The molecule has 1 atom stereocenters. The number of sulfonamides is 1. The van der Waals surface area contributed by atoms with Gasteiger partial charge in [0.05, 0.1) is 31.6 Å². The van der Waals surface area contributed by atoms with Gasteiger partial charge in [-0.1, -0.05) is 31.5 Å². The van der Waals surface area contributed by atoms with Crippen molar-refractivity contribution in [2.45, 2.75) is 65.5 Å². The van der Waals surface area contributed by atoms with Crippen LogP contribution in [0.2, 0.25) is 0 Å². The molecule has 0 radical (unpaired) electrons. The van der Waals surface area contributed by atoms with E-state index >= 15 is 0 Å². The molecule has 0 spiro atoms. The lowest BCUT2D eigenvalue weighted by Crippen LogP contribution is -2.48. The van der Waals surface area contributed by atoms with Gasteiger partial charge in [0, 0.05) is 18.6 Å². The standard InChI is InChI=1S/C24H39NO7S/c1-6-24(7-2)17-21(20-16-19(5)10-11-22(20)32-24)25(33(27,28)9-4)18-23(26)31-15-14-30-13-12-29-8-3/h10-11,16,21H,6-9,12-15,17-18H2,1-5H3. The molecule has 1 aliphatic heterocycles. The molecule has 0 saturated heterocycles. The number of nitrogens with zero attached hydrogens (tertiary/aromatic N) is 1. The molecule has 0 amide bonds. The zero-order valence-electron chi connectivity index (χ0n) is 20.6. The number of carbonyl (C=O) groups is 1. The Morgan fingerprint density at radius 3 is 2.39 bits per heavy atom. The van der Waals surface area contributed by atoms with E-state index in [1.54, 1.807) is 6.92 Å². The highest BCUT2D eigenvalue weighted by Crippen LogP contribution is 2.46. The van der Waals surface area contributed by atoms with E-state index < -0.39 is 27.6 Å². The van der Waals surface area contributed by atoms with Gasteiger partial charge in [-0.15, -0.1) is 0 Å². The first-order chi connectivity index (χ1) is 15.7. The summed E-state index contributed by atoms with van der Waals surface area (Å²) in [7, 11) is -3.69. The third-order valence-electron chi connectivity index (χ3n) is 6.13. The highest BCUT2D eigenvalue weighted by molar-refractivity contribution is 7.89. The van der Waals surface area contributed by atoms with Crippen molar-refractivity contribution in [1.29, 1.82) is 0 Å². The van der Waals surface area contributed by atoms with E-state index in [0.717, 1.165) is 24.0 Å². The lowest BCUT2D eigenvalue weighted by molar-refractivity contribution is -0.146.